The Morgan fingerprint density at radius 1 is 1.37 bits per heavy atom. The number of hydrogen-bond acceptors (Lipinski definition) is 4. The summed E-state index contributed by atoms with van der Waals surface area (Å²) in [5.41, 5.74) is 0.999. The number of carbonyl (C=O) groups excluding carboxylic acids is 1. The molecule has 7 nitrogen and oxygen atoms in total. The molecular formula is C11H15N3O4S. The van der Waals surface area contributed by atoms with E-state index >= 15 is 0 Å². The van der Waals surface area contributed by atoms with Crippen LogP contribution in [0.25, 0.3) is 0 Å². The van der Waals surface area contributed by atoms with Gasteiger partial charge >= 0.3 is 10.2 Å². The van der Waals surface area contributed by atoms with E-state index in [0.29, 0.717) is 17.1 Å². The van der Waals surface area contributed by atoms with Crippen molar-refractivity contribution in [1.82, 2.24) is 4.31 Å². The minimum absolute atomic E-state index is 0.0482. The third-order valence-electron chi connectivity index (χ3n) is 2.77. The van der Waals surface area contributed by atoms with Crippen molar-refractivity contribution >= 4 is 27.5 Å². The van der Waals surface area contributed by atoms with Gasteiger partial charge in [0.1, 0.15) is 5.75 Å². The molecule has 0 fully saturated rings. The minimum atomic E-state index is -3.55. The number of rotatable bonds is 3. The molecule has 8 heteroatoms. The molecule has 1 aliphatic rings. The lowest BCUT2D eigenvalue weighted by Gasteiger charge is -2.26. The Morgan fingerprint density at radius 2 is 2.05 bits per heavy atom. The quantitative estimate of drug-likeness (QED) is 0.864. The molecule has 1 heterocycles. The molecule has 0 unspecified atom stereocenters. The smallest absolute Gasteiger partial charge is 0.301 e. The van der Waals surface area contributed by atoms with Gasteiger partial charge in [0.05, 0.1) is 11.4 Å². The lowest BCUT2D eigenvalue weighted by molar-refractivity contribution is -0.120. The maximum absolute atomic E-state index is 11.7. The molecule has 0 bridgehead atoms. The predicted octanol–water partition coefficient (Wildman–Crippen LogP) is 0.260. The lowest BCUT2D eigenvalue weighted by Crippen LogP contribution is -2.35. The Bertz CT molecular complexity index is 612. The predicted molar refractivity (Wildman–Crippen MR) is 71.6 cm³/mol. The number of fused-ring (bicyclic) bond motifs is 1. The van der Waals surface area contributed by atoms with Gasteiger partial charge in [-0.1, -0.05) is 0 Å². The molecule has 1 aromatic rings. The van der Waals surface area contributed by atoms with E-state index in [2.05, 4.69) is 4.72 Å². The molecule has 104 valence electrons. The highest BCUT2D eigenvalue weighted by Gasteiger charge is 2.23. The van der Waals surface area contributed by atoms with Crippen molar-refractivity contribution in [2.45, 2.75) is 0 Å². The zero-order valence-corrected chi connectivity index (χ0v) is 11.7. The first-order valence-corrected chi connectivity index (χ1v) is 6.99. The Balaban J connectivity index is 2.30. The molecule has 0 atom stereocenters. The minimum Gasteiger partial charge on any atom is -0.481 e. The summed E-state index contributed by atoms with van der Waals surface area (Å²) in [6, 6.07) is 4.78. The average molecular weight is 285 g/mol. The number of carbonyl (C=O) groups is 1. The Kier molecular flexibility index (Phi) is 3.38. The van der Waals surface area contributed by atoms with E-state index in [0.717, 1.165) is 4.31 Å². The Labute approximate surface area is 111 Å². The largest absolute Gasteiger partial charge is 0.481 e. The molecule has 0 aromatic heterocycles. The van der Waals surface area contributed by atoms with Gasteiger partial charge in [0.25, 0.3) is 5.91 Å². The highest BCUT2D eigenvalue weighted by atomic mass is 32.2. The van der Waals surface area contributed by atoms with E-state index in [1.807, 2.05) is 0 Å². The summed E-state index contributed by atoms with van der Waals surface area (Å²) in [6.45, 7) is -0.0482. The van der Waals surface area contributed by atoms with Crippen LogP contribution in [0.15, 0.2) is 18.2 Å². The van der Waals surface area contributed by atoms with E-state index in [1.54, 1.807) is 25.2 Å². The average Bonchev–Trinajstić information content (AvgIpc) is 2.33. The normalized spacial score (nSPS) is 15.2. The fourth-order valence-corrected chi connectivity index (χ4v) is 2.19. The summed E-state index contributed by atoms with van der Waals surface area (Å²) in [7, 11) is 0.960. The summed E-state index contributed by atoms with van der Waals surface area (Å²) < 4.78 is 32.2. The van der Waals surface area contributed by atoms with Crippen LogP contribution >= 0.6 is 0 Å². The van der Waals surface area contributed by atoms with Crippen molar-refractivity contribution in [3.63, 3.8) is 0 Å². The summed E-state index contributed by atoms with van der Waals surface area (Å²) in [5, 5.41) is 0. The van der Waals surface area contributed by atoms with Gasteiger partial charge in [-0.15, -0.1) is 0 Å². The molecule has 0 aliphatic carbocycles. The summed E-state index contributed by atoms with van der Waals surface area (Å²) in [4.78, 5) is 12.9. The fraction of sp³-hybridized carbons (Fsp3) is 0.364. The van der Waals surface area contributed by atoms with Gasteiger partial charge in [0, 0.05) is 27.2 Å². The zero-order valence-electron chi connectivity index (χ0n) is 10.9. The molecule has 0 saturated carbocycles. The van der Waals surface area contributed by atoms with Gasteiger partial charge in [0.15, 0.2) is 6.61 Å². The first kappa shape index (κ1) is 13.6. The summed E-state index contributed by atoms with van der Waals surface area (Å²) in [5.74, 6) is 0.329. The standard InChI is InChI=1S/C11H15N3O4S/c1-13(2)19(16,17)12-8-4-5-9-10(6-8)18-7-11(15)14(9)3/h4-6,12H,7H2,1-3H3. The van der Waals surface area contributed by atoms with E-state index in [-0.39, 0.29) is 12.5 Å². The number of nitrogens with zero attached hydrogens (tertiary/aromatic N) is 2. The second-order valence-electron chi connectivity index (χ2n) is 4.31. The highest BCUT2D eigenvalue weighted by molar-refractivity contribution is 7.90. The molecule has 1 aliphatic heterocycles. The second kappa shape index (κ2) is 4.71. The van der Waals surface area contributed by atoms with Crippen molar-refractivity contribution in [3.8, 4) is 5.75 Å². The van der Waals surface area contributed by atoms with E-state index in [9.17, 15) is 13.2 Å². The number of amides is 1. The van der Waals surface area contributed by atoms with Gasteiger partial charge in [-0.3, -0.25) is 9.52 Å². The number of hydrogen-bond donors (Lipinski definition) is 1. The molecule has 1 aromatic carbocycles. The number of ether oxygens (including phenoxy) is 1. The monoisotopic (exact) mass is 285 g/mol. The molecule has 19 heavy (non-hydrogen) atoms. The van der Waals surface area contributed by atoms with Gasteiger partial charge < -0.3 is 9.64 Å². The molecule has 0 spiro atoms. The zero-order chi connectivity index (χ0) is 14.2. The van der Waals surface area contributed by atoms with Gasteiger partial charge in [0.2, 0.25) is 0 Å². The highest BCUT2D eigenvalue weighted by Crippen LogP contribution is 2.33. The number of likely N-dealkylation sites (N-methyl/N-ethyl adjacent to an activating group) is 1. The van der Waals surface area contributed by atoms with Crippen LogP contribution in [0.2, 0.25) is 0 Å². The van der Waals surface area contributed by atoms with Crippen LogP contribution in [0.4, 0.5) is 11.4 Å². The third kappa shape index (κ3) is 2.64. The Hall–Kier alpha value is -1.80. The van der Waals surface area contributed by atoms with Crippen LogP contribution in [0.5, 0.6) is 5.75 Å². The molecule has 1 amide bonds. The van der Waals surface area contributed by atoms with Crippen molar-refractivity contribution in [2.75, 3.05) is 37.4 Å². The van der Waals surface area contributed by atoms with Crippen LogP contribution in [0.1, 0.15) is 0 Å². The van der Waals surface area contributed by atoms with Crippen LogP contribution in [0, 0.1) is 0 Å². The molecule has 0 saturated heterocycles. The summed E-state index contributed by atoms with van der Waals surface area (Å²) >= 11 is 0. The van der Waals surface area contributed by atoms with Crippen molar-refractivity contribution in [1.29, 1.82) is 0 Å². The van der Waals surface area contributed by atoms with Crippen molar-refractivity contribution in [2.24, 2.45) is 0 Å². The second-order valence-corrected chi connectivity index (χ2v) is 6.20. The van der Waals surface area contributed by atoms with E-state index in [4.69, 9.17) is 4.74 Å². The maximum Gasteiger partial charge on any atom is 0.301 e. The molecular weight excluding hydrogens is 270 g/mol. The number of nitrogens with one attached hydrogen (secondary N) is 1. The maximum atomic E-state index is 11.7. The first-order valence-electron chi connectivity index (χ1n) is 5.55. The summed E-state index contributed by atoms with van der Waals surface area (Å²) in [6.07, 6.45) is 0. The lowest BCUT2D eigenvalue weighted by atomic mass is 10.2. The van der Waals surface area contributed by atoms with Gasteiger partial charge in [-0.05, 0) is 12.1 Å². The third-order valence-corrected chi connectivity index (χ3v) is 4.23. The topological polar surface area (TPSA) is 79.0 Å². The van der Waals surface area contributed by atoms with Crippen molar-refractivity contribution in [3.05, 3.63) is 18.2 Å². The first-order chi connectivity index (χ1) is 8.81. The fourth-order valence-electron chi connectivity index (χ4n) is 1.58. The number of anilines is 2. The van der Waals surface area contributed by atoms with Crippen LogP contribution in [0.3, 0.4) is 0 Å². The van der Waals surface area contributed by atoms with Gasteiger partial charge in [-0.25, -0.2) is 0 Å². The van der Waals surface area contributed by atoms with Crippen LogP contribution in [-0.2, 0) is 15.0 Å². The van der Waals surface area contributed by atoms with Crippen LogP contribution < -0.4 is 14.4 Å². The van der Waals surface area contributed by atoms with Crippen molar-refractivity contribution < 1.29 is 17.9 Å². The van der Waals surface area contributed by atoms with Gasteiger partial charge in [-0.2, -0.15) is 12.7 Å². The Morgan fingerprint density at radius 3 is 2.68 bits per heavy atom. The molecule has 1 N–H and O–H groups in total. The SMILES string of the molecule is CN1C(=O)COc2cc(NS(=O)(=O)N(C)C)ccc21. The van der Waals surface area contributed by atoms with E-state index < -0.39 is 10.2 Å². The van der Waals surface area contributed by atoms with E-state index in [1.165, 1.54) is 19.0 Å². The molecule has 0 radical (unpaired) electrons. The molecule has 2 rings (SSSR count). The van der Waals surface area contributed by atoms with Crippen LogP contribution in [-0.4, -0.2) is 46.4 Å². The number of benzene rings is 1.